The normalized spacial score (nSPS) is 16.4. The van der Waals surface area contributed by atoms with E-state index in [1.165, 1.54) is 25.7 Å². The maximum Gasteiger partial charge on any atom is 0.226 e. The van der Waals surface area contributed by atoms with Crippen molar-refractivity contribution < 1.29 is 4.52 Å². The Bertz CT molecular complexity index is 401. The number of nitrogens with zero attached hydrogens (tertiary/aromatic N) is 3. The molecule has 0 aromatic carbocycles. The van der Waals surface area contributed by atoms with Gasteiger partial charge < -0.3 is 15.6 Å². The van der Waals surface area contributed by atoms with Crippen molar-refractivity contribution in [2.24, 2.45) is 10.7 Å². The lowest BCUT2D eigenvalue weighted by Gasteiger charge is -2.11. The minimum absolute atomic E-state index is 0. The van der Waals surface area contributed by atoms with Crippen molar-refractivity contribution in [3.63, 3.8) is 0 Å². The Morgan fingerprint density at radius 1 is 1.47 bits per heavy atom. The molecular formula is C12H22IN5O. The highest BCUT2D eigenvalue weighted by atomic mass is 127. The third-order valence-electron chi connectivity index (χ3n) is 3.14. The molecule has 108 valence electrons. The van der Waals surface area contributed by atoms with Crippen LogP contribution in [0.2, 0.25) is 0 Å². The van der Waals surface area contributed by atoms with Crippen LogP contribution in [0.4, 0.5) is 0 Å². The topological polar surface area (TPSA) is 89.3 Å². The molecule has 0 radical (unpaired) electrons. The van der Waals surface area contributed by atoms with Crippen LogP contribution in [0.3, 0.4) is 0 Å². The SMILES string of the molecule is CCc1nc(CCN=C(N)NC2CCCC2)no1.I. The summed E-state index contributed by atoms with van der Waals surface area (Å²) in [5, 5.41) is 7.12. The molecule has 3 N–H and O–H groups in total. The Morgan fingerprint density at radius 2 is 2.21 bits per heavy atom. The van der Waals surface area contributed by atoms with Crippen LogP contribution < -0.4 is 11.1 Å². The number of hydrogen-bond acceptors (Lipinski definition) is 4. The second-order valence-corrected chi connectivity index (χ2v) is 4.60. The monoisotopic (exact) mass is 379 g/mol. The fourth-order valence-electron chi connectivity index (χ4n) is 2.14. The summed E-state index contributed by atoms with van der Waals surface area (Å²) in [7, 11) is 0. The van der Waals surface area contributed by atoms with E-state index in [9.17, 15) is 0 Å². The molecule has 19 heavy (non-hydrogen) atoms. The molecule has 1 saturated carbocycles. The lowest BCUT2D eigenvalue weighted by atomic mass is 10.2. The van der Waals surface area contributed by atoms with E-state index in [0.29, 0.717) is 36.7 Å². The molecule has 1 aromatic rings. The highest BCUT2D eigenvalue weighted by molar-refractivity contribution is 14.0. The number of aryl methyl sites for hydroxylation is 1. The summed E-state index contributed by atoms with van der Waals surface area (Å²) < 4.78 is 5.02. The zero-order valence-electron chi connectivity index (χ0n) is 11.3. The van der Waals surface area contributed by atoms with E-state index >= 15 is 0 Å². The van der Waals surface area contributed by atoms with Crippen LogP contribution in [0.5, 0.6) is 0 Å². The van der Waals surface area contributed by atoms with Crippen molar-refractivity contribution in [1.29, 1.82) is 0 Å². The molecule has 0 aliphatic heterocycles. The summed E-state index contributed by atoms with van der Waals surface area (Å²) in [6, 6.07) is 0.505. The fraction of sp³-hybridized carbons (Fsp3) is 0.750. The maximum absolute atomic E-state index is 5.82. The van der Waals surface area contributed by atoms with E-state index in [1.807, 2.05) is 6.92 Å². The van der Waals surface area contributed by atoms with E-state index < -0.39 is 0 Å². The molecule has 1 aliphatic rings. The van der Waals surface area contributed by atoms with Gasteiger partial charge in [-0.1, -0.05) is 24.9 Å². The van der Waals surface area contributed by atoms with Gasteiger partial charge in [0.05, 0.1) is 0 Å². The van der Waals surface area contributed by atoms with Gasteiger partial charge in [0.1, 0.15) is 0 Å². The summed E-state index contributed by atoms with van der Waals surface area (Å²) in [6.07, 6.45) is 6.39. The van der Waals surface area contributed by atoms with Crippen LogP contribution in [0.25, 0.3) is 0 Å². The summed E-state index contributed by atoms with van der Waals surface area (Å²) in [4.78, 5) is 8.50. The van der Waals surface area contributed by atoms with Gasteiger partial charge in [0.15, 0.2) is 11.8 Å². The van der Waals surface area contributed by atoms with E-state index in [-0.39, 0.29) is 24.0 Å². The van der Waals surface area contributed by atoms with Crippen molar-refractivity contribution in [3.05, 3.63) is 11.7 Å². The minimum Gasteiger partial charge on any atom is -0.370 e. The van der Waals surface area contributed by atoms with E-state index in [1.54, 1.807) is 0 Å². The molecule has 0 saturated heterocycles. The highest BCUT2D eigenvalue weighted by Gasteiger charge is 2.14. The third-order valence-corrected chi connectivity index (χ3v) is 3.14. The van der Waals surface area contributed by atoms with Crippen LogP contribution in [-0.2, 0) is 12.8 Å². The molecule has 1 aliphatic carbocycles. The van der Waals surface area contributed by atoms with E-state index in [2.05, 4.69) is 20.4 Å². The number of halogens is 1. The highest BCUT2D eigenvalue weighted by Crippen LogP contribution is 2.17. The smallest absolute Gasteiger partial charge is 0.226 e. The van der Waals surface area contributed by atoms with Gasteiger partial charge in [-0.2, -0.15) is 4.98 Å². The van der Waals surface area contributed by atoms with E-state index in [4.69, 9.17) is 10.3 Å². The molecule has 2 rings (SSSR count). The summed E-state index contributed by atoms with van der Waals surface area (Å²) >= 11 is 0. The van der Waals surface area contributed by atoms with Crippen LogP contribution in [-0.4, -0.2) is 28.7 Å². The predicted octanol–water partition coefficient (Wildman–Crippen LogP) is 1.64. The molecule has 1 heterocycles. The zero-order chi connectivity index (χ0) is 12.8. The van der Waals surface area contributed by atoms with Crippen LogP contribution in [0.15, 0.2) is 9.52 Å². The number of guanidine groups is 1. The number of hydrogen-bond donors (Lipinski definition) is 2. The molecule has 0 unspecified atom stereocenters. The quantitative estimate of drug-likeness (QED) is 0.461. The standard InChI is InChI=1S/C12H21N5O.HI/c1-2-11-16-10(17-18-11)7-8-14-12(13)15-9-5-3-4-6-9;/h9H,2-8H2,1H3,(H3,13,14,15);1H. The Morgan fingerprint density at radius 3 is 2.84 bits per heavy atom. The van der Waals surface area contributed by atoms with Crippen molar-refractivity contribution >= 4 is 29.9 Å². The second-order valence-electron chi connectivity index (χ2n) is 4.60. The van der Waals surface area contributed by atoms with E-state index in [0.717, 1.165) is 6.42 Å². The van der Waals surface area contributed by atoms with Crippen LogP contribution in [0.1, 0.15) is 44.3 Å². The molecule has 7 heteroatoms. The molecule has 0 spiro atoms. The Kier molecular flexibility index (Phi) is 7.11. The average molecular weight is 379 g/mol. The molecular weight excluding hydrogens is 357 g/mol. The van der Waals surface area contributed by atoms with Crippen molar-refractivity contribution in [1.82, 2.24) is 15.5 Å². The molecule has 1 aromatic heterocycles. The molecule has 1 fully saturated rings. The van der Waals surface area contributed by atoms with Crippen LogP contribution in [0, 0.1) is 0 Å². The van der Waals surface area contributed by atoms with Crippen molar-refractivity contribution in [2.75, 3.05) is 6.54 Å². The van der Waals surface area contributed by atoms with Gasteiger partial charge >= 0.3 is 0 Å². The lowest BCUT2D eigenvalue weighted by molar-refractivity contribution is 0.376. The number of aromatic nitrogens is 2. The number of nitrogens with two attached hydrogens (primary N) is 1. The Labute approximate surface area is 130 Å². The molecule has 0 bridgehead atoms. The first-order chi connectivity index (χ1) is 8.78. The molecule has 0 atom stereocenters. The summed E-state index contributed by atoms with van der Waals surface area (Å²) in [6.45, 7) is 2.58. The maximum atomic E-state index is 5.82. The first-order valence-electron chi connectivity index (χ1n) is 6.66. The van der Waals surface area contributed by atoms with Gasteiger partial charge in [-0.25, -0.2) is 0 Å². The minimum atomic E-state index is 0. The molecule has 6 nitrogen and oxygen atoms in total. The number of aliphatic imine (C=N–C) groups is 1. The zero-order valence-corrected chi connectivity index (χ0v) is 13.6. The fourth-order valence-corrected chi connectivity index (χ4v) is 2.14. The van der Waals surface area contributed by atoms with Gasteiger partial charge in [-0.05, 0) is 12.8 Å². The lowest BCUT2D eigenvalue weighted by Crippen LogP contribution is -2.38. The van der Waals surface area contributed by atoms with Gasteiger partial charge in [0.2, 0.25) is 5.89 Å². The molecule has 0 amide bonds. The average Bonchev–Trinajstić information content (AvgIpc) is 3.00. The van der Waals surface area contributed by atoms with Crippen molar-refractivity contribution in [3.8, 4) is 0 Å². The Hall–Kier alpha value is -0.860. The van der Waals surface area contributed by atoms with Gasteiger partial charge in [0, 0.05) is 25.4 Å². The third kappa shape index (κ3) is 5.33. The largest absolute Gasteiger partial charge is 0.370 e. The number of nitrogens with one attached hydrogen (secondary N) is 1. The Balaban J connectivity index is 0.00000180. The first kappa shape index (κ1) is 16.2. The van der Waals surface area contributed by atoms with Crippen molar-refractivity contribution in [2.45, 2.75) is 51.5 Å². The van der Waals surface area contributed by atoms with Crippen LogP contribution >= 0.6 is 24.0 Å². The van der Waals surface area contributed by atoms with Gasteiger partial charge in [-0.15, -0.1) is 24.0 Å². The van der Waals surface area contributed by atoms with Gasteiger partial charge in [-0.3, -0.25) is 4.99 Å². The van der Waals surface area contributed by atoms with Gasteiger partial charge in [0.25, 0.3) is 0 Å². The summed E-state index contributed by atoms with van der Waals surface area (Å²) in [5.74, 6) is 1.90. The first-order valence-corrected chi connectivity index (χ1v) is 6.66. The predicted molar refractivity (Wildman–Crippen MR) is 84.7 cm³/mol. The number of rotatable bonds is 5. The summed E-state index contributed by atoms with van der Waals surface area (Å²) in [5.41, 5.74) is 5.82. The second kappa shape index (κ2) is 8.34.